The van der Waals surface area contributed by atoms with Crippen molar-refractivity contribution in [3.05, 3.63) is 54.6 Å². The number of benzene rings is 2. The van der Waals surface area contributed by atoms with E-state index in [1.807, 2.05) is 54.6 Å². The summed E-state index contributed by atoms with van der Waals surface area (Å²) in [7, 11) is 0. The van der Waals surface area contributed by atoms with Gasteiger partial charge < -0.3 is 14.4 Å². The zero-order valence-electron chi connectivity index (χ0n) is 17.3. The Morgan fingerprint density at radius 1 is 0.893 bits per heavy atom. The fraction of sp³-hybridized carbons (Fsp3) is 0.435. The smallest absolute Gasteiger partial charge is 0.418 e. The average Bonchev–Trinajstić information content (AvgIpc) is 2.73. The summed E-state index contributed by atoms with van der Waals surface area (Å²) in [6.07, 6.45) is 1.69. The zero-order chi connectivity index (χ0) is 20.2. The number of hydrogen-bond acceptors (Lipinski definition) is 4. The second kappa shape index (κ2) is 12.0. The third-order valence-electron chi connectivity index (χ3n) is 4.57. The zero-order valence-corrected chi connectivity index (χ0v) is 17.3. The number of hydrogen-bond donors (Lipinski definition) is 0. The molecule has 0 aliphatic heterocycles. The average molecular weight is 385 g/mol. The molecule has 0 aliphatic rings. The van der Waals surface area contributed by atoms with Crippen LogP contribution in [-0.4, -0.2) is 43.8 Å². The molecule has 0 bridgehead atoms. The van der Waals surface area contributed by atoms with Crippen LogP contribution in [0.2, 0.25) is 0 Å². The lowest BCUT2D eigenvalue weighted by atomic mass is 10.2. The summed E-state index contributed by atoms with van der Waals surface area (Å²) in [5, 5.41) is 0. The molecular formula is C23H32N2O3. The molecule has 0 atom stereocenters. The lowest BCUT2D eigenvalue weighted by Gasteiger charge is -2.24. The SMILES string of the molecule is CCCCOc1cccc(N(C(=O)OCCN(CC)CC)c2ccccc2)c1. The molecule has 0 aromatic heterocycles. The number of amides is 1. The summed E-state index contributed by atoms with van der Waals surface area (Å²) in [6.45, 7) is 9.96. The van der Waals surface area contributed by atoms with Crippen molar-refractivity contribution in [1.29, 1.82) is 0 Å². The van der Waals surface area contributed by atoms with Gasteiger partial charge in [-0.15, -0.1) is 0 Å². The van der Waals surface area contributed by atoms with Crippen molar-refractivity contribution in [2.45, 2.75) is 33.6 Å². The van der Waals surface area contributed by atoms with Crippen molar-refractivity contribution >= 4 is 17.5 Å². The van der Waals surface area contributed by atoms with E-state index in [4.69, 9.17) is 9.47 Å². The molecule has 0 N–H and O–H groups in total. The first-order valence-corrected chi connectivity index (χ1v) is 10.2. The van der Waals surface area contributed by atoms with Gasteiger partial charge in [0.1, 0.15) is 12.4 Å². The number of carbonyl (C=O) groups is 1. The summed E-state index contributed by atoms with van der Waals surface area (Å²) in [5.41, 5.74) is 1.49. The quantitative estimate of drug-likeness (QED) is 0.481. The Labute approximate surface area is 168 Å². The van der Waals surface area contributed by atoms with Gasteiger partial charge in [0.2, 0.25) is 0 Å². The predicted octanol–water partition coefficient (Wildman–Crippen LogP) is 5.48. The molecule has 0 radical (unpaired) electrons. The highest BCUT2D eigenvalue weighted by atomic mass is 16.6. The molecule has 2 aromatic carbocycles. The maximum absolute atomic E-state index is 12.9. The van der Waals surface area contributed by atoms with Crippen molar-refractivity contribution < 1.29 is 14.3 Å². The molecule has 2 aromatic rings. The van der Waals surface area contributed by atoms with Crippen LogP contribution in [0.4, 0.5) is 16.2 Å². The third kappa shape index (κ3) is 6.57. The number of likely N-dealkylation sites (N-methyl/N-ethyl adjacent to an activating group) is 1. The van der Waals surface area contributed by atoms with Gasteiger partial charge in [-0.25, -0.2) is 9.69 Å². The first-order valence-electron chi connectivity index (χ1n) is 10.2. The second-order valence-corrected chi connectivity index (χ2v) is 6.51. The van der Waals surface area contributed by atoms with Crippen LogP contribution in [0.15, 0.2) is 54.6 Å². The lowest BCUT2D eigenvalue weighted by Crippen LogP contribution is -2.32. The third-order valence-corrected chi connectivity index (χ3v) is 4.57. The van der Waals surface area contributed by atoms with Crippen molar-refractivity contribution in [2.24, 2.45) is 0 Å². The Balaban J connectivity index is 2.16. The van der Waals surface area contributed by atoms with Crippen LogP contribution in [0, 0.1) is 0 Å². The number of para-hydroxylation sites is 1. The minimum absolute atomic E-state index is 0.358. The number of unbranched alkanes of at least 4 members (excludes halogenated alkanes) is 1. The molecule has 0 aliphatic carbocycles. The van der Waals surface area contributed by atoms with Crippen molar-refractivity contribution in [3.8, 4) is 5.75 Å². The molecule has 2 rings (SSSR count). The Bertz CT molecular complexity index is 702. The molecule has 0 saturated carbocycles. The van der Waals surface area contributed by atoms with E-state index in [1.54, 1.807) is 4.90 Å². The van der Waals surface area contributed by atoms with E-state index in [2.05, 4.69) is 25.7 Å². The highest BCUT2D eigenvalue weighted by Gasteiger charge is 2.20. The molecule has 5 heteroatoms. The van der Waals surface area contributed by atoms with Gasteiger partial charge in [0.25, 0.3) is 0 Å². The molecule has 0 heterocycles. The van der Waals surface area contributed by atoms with Crippen molar-refractivity contribution in [3.63, 3.8) is 0 Å². The first-order chi connectivity index (χ1) is 13.7. The summed E-state index contributed by atoms with van der Waals surface area (Å²) >= 11 is 0. The molecule has 152 valence electrons. The van der Waals surface area contributed by atoms with Crippen molar-refractivity contribution in [1.82, 2.24) is 4.90 Å². The van der Waals surface area contributed by atoms with Crippen LogP contribution in [-0.2, 0) is 4.74 Å². The number of anilines is 2. The van der Waals surface area contributed by atoms with E-state index >= 15 is 0 Å². The van der Waals surface area contributed by atoms with Gasteiger partial charge in [0.05, 0.1) is 18.0 Å². The Morgan fingerprint density at radius 2 is 1.61 bits per heavy atom. The van der Waals surface area contributed by atoms with Crippen LogP contribution in [0.5, 0.6) is 5.75 Å². The highest BCUT2D eigenvalue weighted by molar-refractivity contribution is 5.96. The van der Waals surface area contributed by atoms with E-state index in [0.29, 0.717) is 13.2 Å². The van der Waals surface area contributed by atoms with Gasteiger partial charge in [-0.05, 0) is 43.8 Å². The van der Waals surface area contributed by atoms with Crippen LogP contribution in [0.3, 0.4) is 0 Å². The summed E-state index contributed by atoms with van der Waals surface area (Å²) in [5.74, 6) is 0.753. The van der Waals surface area contributed by atoms with E-state index in [0.717, 1.165) is 49.6 Å². The molecule has 5 nitrogen and oxygen atoms in total. The van der Waals surface area contributed by atoms with Gasteiger partial charge in [-0.1, -0.05) is 51.5 Å². The van der Waals surface area contributed by atoms with Gasteiger partial charge in [-0.2, -0.15) is 0 Å². The Hall–Kier alpha value is -2.53. The van der Waals surface area contributed by atoms with E-state index in [-0.39, 0.29) is 6.09 Å². The van der Waals surface area contributed by atoms with Crippen LogP contribution < -0.4 is 9.64 Å². The fourth-order valence-corrected chi connectivity index (χ4v) is 2.85. The van der Waals surface area contributed by atoms with E-state index in [9.17, 15) is 4.79 Å². The maximum Gasteiger partial charge on any atom is 0.418 e. The minimum atomic E-state index is -0.385. The standard InChI is InChI=1S/C23H32N2O3/c1-4-7-17-27-22-15-11-14-21(19-22)25(20-12-9-8-10-13-20)23(26)28-18-16-24(5-2)6-3/h8-15,19H,4-7,16-18H2,1-3H3. The number of rotatable bonds is 11. The number of ether oxygens (including phenoxy) is 2. The predicted molar refractivity (Wildman–Crippen MR) is 115 cm³/mol. The molecule has 0 fully saturated rings. The van der Waals surface area contributed by atoms with Crippen LogP contribution in [0.25, 0.3) is 0 Å². The summed E-state index contributed by atoms with van der Waals surface area (Å²) in [4.78, 5) is 16.7. The highest BCUT2D eigenvalue weighted by Crippen LogP contribution is 2.29. The number of carbonyl (C=O) groups excluding carboxylic acids is 1. The molecule has 0 saturated heterocycles. The van der Waals surface area contributed by atoms with Crippen LogP contribution >= 0.6 is 0 Å². The minimum Gasteiger partial charge on any atom is -0.494 e. The summed E-state index contributed by atoms with van der Waals surface area (Å²) < 4.78 is 11.4. The molecule has 0 spiro atoms. The Kier molecular flexibility index (Phi) is 9.35. The van der Waals surface area contributed by atoms with E-state index < -0.39 is 0 Å². The molecule has 1 amide bonds. The van der Waals surface area contributed by atoms with E-state index in [1.165, 1.54) is 0 Å². The fourth-order valence-electron chi connectivity index (χ4n) is 2.85. The van der Waals surface area contributed by atoms with Gasteiger partial charge in [0.15, 0.2) is 0 Å². The van der Waals surface area contributed by atoms with Gasteiger partial charge in [0, 0.05) is 12.6 Å². The second-order valence-electron chi connectivity index (χ2n) is 6.51. The van der Waals surface area contributed by atoms with Crippen molar-refractivity contribution in [2.75, 3.05) is 37.7 Å². The van der Waals surface area contributed by atoms with Gasteiger partial charge >= 0.3 is 6.09 Å². The molecular weight excluding hydrogens is 352 g/mol. The topological polar surface area (TPSA) is 42.0 Å². The molecule has 0 unspecified atom stereocenters. The maximum atomic E-state index is 12.9. The largest absolute Gasteiger partial charge is 0.494 e. The first kappa shape index (κ1) is 21.8. The Morgan fingerprint density at radius 3 is 2.29 bits per heavy atom. The normalized spacial score (nSPS) is 10.7. The lowest BCUT2D eigenvalue weighted by molar-refractivity contribution is 0.138. The summed E-state index contributed by atoms with van der Waals surface area (Å²) in [6, 6.07) is 17.1. The van der Waals surface area contributed by atoms with Crippen LogP contribution in [0.1, 0.15) is 33.6 Å². The monoisotopic (exact) mass is 384 g/mol. The molecule has 28 heavy (non-hydrogen) atoms. The van der Waals surface area contributed by atoms with Gasteiger partial charge in [-0.3, -0.25) is 0 Å². The number of nitrogens with zero attached hydrogens (tertiary/aromatic N) is 2.